The fourth-order valence-electron chi connectivity index (χ4n) is 4.18. The summed E-state index contributed by atoms with van der Waals surface area (Å²) in [6, 6.07) is 7.35. The number of pyridine rings is 2. The van der Waals surface area contributed by atoms with E-state index < -0.39 is 12.0 Å². The van der Waals surface area contributed by atoms with E-state index in [1.54, 1.807) is 19.1 Å². The highest BCUT2D eigenvalue weighted by Crippen LogP contribution is 2.37. The molecule has 2 aliphatic rings. The number of nitriles is 1. The molecule has 1 saturated carbocycles. The van der Waals surface area contributed by atoms with E-state index in [0.29, 0.717) is 62.4 Å². The number of hydrogen-bond acceptors (Lipinski definition) is 8. The Hall–Kier alpha value is -3.61. The molecule has 2 aromatic heterocycles. The minimum Gasteiger partial charge on any atom is -0.383 e. The Balaban J connectivity index is 1.62. The maximum absolute atomic E-state index is 13.9. The van der Waals surface area contributed by atoms with Crippen LogP contribution in [0.25, 0.3) is 10.9 Å². The second kappa shape index (κ2) is 9.69. The van der Waals surface area contributed by atoms with Crippen molar-refractivity contribution >= 4 is 33.9 Å². The monoisotopic (exact) mass is 521 g/mol. The van der Waals surface area contributed by atoms with Gasteiger partial charge in [-0.05, 0) is 43.4 Å². The van der Waals surface area contributed by atoms with Crippen molar-refractivity contribution in [3.05, 3.63) is 70.2 Å². The Bertz CT molecular complexity index is 1480. The van der Waals surface area contributed by atoms with Crippen molar-refractivity contribution in [2.24, 2.45) is 5.41 Å². The molecule has 0 saturated heterocycles. The average Bonchev–Trinajstić information content (AvgIpc) is 3.57. The van der Waals surface area contributed by atoms with Crippen LogP contribution < -0.4 is 21.6 Å². The van der Waals surface area contributed by atoms with Gasteiger partial charge in [0.15, 0.2) is 0 Å². The summed E-state index contributed by atoms with van der Waals surface area (Å²) in [5, 5.41) is 19.5. The first-order valence-electron chi connectivity index (χ1n) is 12.7. The topological polar surface area (TPSA) is 101 Å². The number of aromatic nitrogens is 2. The molecular formula is C27H30ClFN8. The zero-order valence-electron chi connectivity index (χ0n) is 22.2. The van der Waals surface area contributed by atoms with Gasteiger partial charge >= 0.3 is 0 Å². The third-order valence-electron chi connectivity index (χ3n) is 6.23. The largest absolute Gasteiger partial charge is 0.383 e. The van der Waals surface area contributed by atoms with Gasteiger partial charge in [-0.25, -0.2) is 4.98 Å². The van der Waals surface area contributed by atoms with Crippen LogP contribution in [-0.2, 0) is 0 Å². The van der Waals surface area contributed by atoms with Gasteiger partial charge in [0.1, 0.15) is 6.07 Å². The van der Waals surface area contributed by atoms with Crippen molar-refractivity contribution in [1.29, 1.82) is 5.26 Å². The summed E-state index contributed by atoms with van der Waals surface area (Å²) >= 11 is 6.69. The lowest BCUT2D eigenvalue weighted by Gasteiger charge is -2.24. The second-order valence-electron chi connectivity index (χ2n) is 10.6. The van der Waals surface area contributed by atoms with E-state index in [1.807, 2.05) is 17.3 Å². The lowest BCUT2D eigenvalue weighted by molar-refractivity contribution is 0.260. The molecule has 8 nitrogen and oxygen atoms in total. The van der Waals surface area contributed by atoms with Gasteiger partial charge in [0, 0.05) is 47.3 Å². The zero-order valence-corrected chi connectivity index (χ0v) is 22.0. The summed E-state index contributed by atoms with van der Waals surface area (Å²) in [5.41, 5.74) is 9.67. The maximum atomic E-state index is 13.9. The molecule has 1 aromatic carbocycles. The van der Waals surface area contributed by atoms with E-state index in [4.69, 9.17) is 11.6 Å². The van der Waals surface area contributed by atoms with Crippen LogP contribution in [0.4, 0.5) is 15.8 Å². The van der Waals surface area contributed by atoms with E-state index in [0.717, 1.165) is 12.8 Å². The first kappa shape index (κ1) is 23.8. The SMILES string of the molecule is [2H]C(Nc1cc(Cl)c2ncc(C#N)c(NCC(C)(C)C)c2c1)(C1=CN(C2CC2)NN1)c1ccc(F)nc1C. The Kier molecular flexibility index (Phi) is 6.22. The summed E-state index contributed by atoms with van der Waals surface area (Å²) in [7, 11) is 0. The number of rotatable bonds is 7. The lowest BCUT2D eigenvalue weighted by atomic mass is 9.96. The molecule has 0 bridgehead atoms. The lowest BCUT2D eigenvalue weighted by Crippen LogP contribution is -2.38. The first-order valence-corrected chi connectivity index (χ1v) is 12.6. The molecule has 10 heteroatoms. The molecule has 0 amide bonds. The highest BCUT2D eigenvalue weighted by molar-refractivity contribution is 6.35. The molecule has 5 rings (SSSR count). The van der Waals surface area contributed by atoms with E-state index in [9.17, 15) is 11.0 Å². The predicted molar refractivity (Wildman–Crippen MR) is 144 cm³/mol. The maximum Gasteiger partial charge on any atom is 0.213 e. The number of fused-ring (bicyclic) bond motifs is 1. The molecule has 3 aromatic rings. The molecular weight excluding hydrogens is 491 g/mol. The zero-order chi connectivity index (χ0) is 27.2. The summed E-state index contributed by atoms with van der Waals surface area (Å²) in [5.74, 6) is -0.613. The summed E-state index contributed by atoms with van der Waals surface area (Å²) in [4.78, 5) is 8.40. The van der Waals surface area contributed by atoms with Gasteiger partial charge in [-0.15, -0.1) is 5.53 Å². The number of halogens is 2. The van der Waals surface area contributed by atoms with Gasteiger partial charge in [0.2, 0.25) is 5.95 Å². The molecule has 0 spiro atoms. The number of hydrogen-bond donors (Lipinski definition) is 4. The Morgan fingerprint density at radius 2 is 2.14 bits per heavy atom. The fourth-order valence-corrected chi connectivity index (χ4v) is 4.45. The Morgan fingerprint density at radius 3 is 2.81 bits per heavy atom. The molecule has 3 heterocycles. The number of benzene rings is 1. The van der Waals surface area contributed by atoms with Crippen LogP contribution in [0, 0.1) is 29.6 Å². The van der Waals surface area contributed by atoms with Crippen LogP contribution in [0.15, 0.2) is 42.4 Å². The quantitative estimate of drug-likeness (QED) is 0.301. The number of anilines is 2. The average molecular weight is 522 g/mol. The van der Waals surface area contributed by atoms with Crippen LogP contribution in [0.1, 0.15) is 57.8 Å². The molecule has 0 radical (unpaired) electrons. The fraction of sp³-hybridized carbons (Fsp3) is 0.370. The first-order chi connectivity index (χ1) is 18.0. The smallest absolute Gasteiger partial charge is 0.213 e. The van der Waals surface area contributed by atoms with Gasteiger partial charge in [-0.3, -0.25) is 9.99 Å². The van der Waals surface area contributed by atoms with Gasteiger partial charge < -0.3 is 16.1 Å². The standard InChI is InChI=1S/C27H30ClFN8/c1-15-19(7-8-23(29)33-15)26(22-13-37(36-35-22)18-5-6-18)34-17-9-20-24(32-14-27(2,3)4)16(11-30)12-31-25(20)21(28)10-17/h7-10,12-13,18,26,34-36H,5-6,14H2,1-4H3,(H,31,32)/i26D. The number of nitrogens with zero attached hydrogens (tertiary/aromatic N) is 4. The van der Waals surface area contributed by atoms with Gasteiger partial charge in [-0.2, -0.15) is 9.65 Å². The van der Waals surface area contributed by atoms with Crippen LogP contribution in [0.5, 0.6) is 0 Å². The third-order valence-corrected chi connectivity index (χ3v) is 6.52. The van der Waals surface area contributed by atoms with Crippen molar-refractivity contribution in [2.75, 3.05) is 17.2 Å². The number of nitrogens with one attached hydrogen (secondary N) is 4. The van der Waals surface area contributed by atoms with Gasteiger partial charge in [0.25, 0.3) is 0 Å². The van der Waals surface area contributed by atoms with Crippen LogP contribution in [0.3, 0.4) is 0 Å². The molecule has 4 N–H and O–H groups in total. The van der Waals surface area contributed by atoms with E-state index in [2.05, 4.69) is 58.4 Å². The normalized spacial score (nSPS) is 17.5. The second-order valence-corrected chi connectivity index (χ2v) is 11.0. The Labute approximate surface area is 222 Å². The minimum absolute atomic E-state index is 0.0353. The van der Waals surface area contributed by atoms with Crippen molar-refractivity contribution in [3.8, 4) is 6.07 Å². The summed E-state index contributed by atoms with van der Waals surface area (Å²) in [6.07, 6.45) is 5.49. The van der Waals surface area contributed by atoms with Gasteiger partial charge in [0.05, 0.1) is 34.9 Å². The van der Waals surface area contributed by atoms with Crippen molar-refractivity contribution < 1.29 is 5.76 Å². The minimum atomic E-state index is -1.57. The van der Waals surface area contributed by atoms with Crippen molar-refractivity contribution in [2.45, 2.75) is 52.6 Å². The van der Waals surface area contributed by atoms with Crippen LogP contribution >= 0.6 is 11.6 Å². The summed E-state index contributed by atoms with van der Waals surface area (Å²) < 4.78 is 23.5. The van der Waals surface area contributed by atoms with Gasteiger partial charge in [-0.1, -0.05) is 38.4 Å². The molecule has 37 heavy (non-hydrogen) atoms. The Morgan fingerprint density at radius 1 is 1.35 bits per heavy atom. The van der Waals surface area contributed by atoms with Crippen LogP contribution in [0.2, 0.25) is 5.02 Å². The van der Waals surface area contributed by atoms with E-state index in [1.165, 1.54) is 12.3 Å². The molecule has 1 unspecified atom stereocenters. The van der Waals surface area contributed by atoms with Crippen molar-refractivity contribution in [1.82, 2.24) is 25.9 Å². The molecule has 1 atom stereocenters. The molecule has 192 valence electrons. The predicted octanol–water partition coefficient (Wildman–Crippen LogP) is 5.54. The highest BCUT2D eigenvalue weighted by atomic mass is 35.5. The summed E-state index contributed by atoms with van der Waals surface area (Å²) in [6.45, 7) is 8.60. The number of hydrazine groups is 2. The third kappa shape index (κ3) is 5.41. The van der Waals surface area contributed by atoms with Crippen molar-refractivity contribution in [3.63, 3.8) is 0 Å². The number of aryl methyl sites for hydroxylation is 1. The van der Waals surface area contributed by atoms with E-state index in [-0.39, 0.29) is 5.41 Å². The molecule has 1 fully saturated rings. The highest BCUT2D eigenvalue weighted by Gasteiger charge is 2.33. The van der Waals surface area contributed by atoms with E-state index >= 15 is 0 Å². The van der Waals surface area contributed by atoms with Crippen LogP contribution in [-0.4, -0.2) is 27.6 Å². The molecule has 1 aliphatic carbocycles. The molecule has 1 aliphatic heterocycles.